The molecular formula is C23H30N4O3S. The van der Waals surface area contributed by atoms with E-state index in [0.29, 0.717) is 19.0 Å². The average molecular weight is 443 g/mol. The molecule has 7 nitrogen and oxygen atoms in total. The first-order valence-electron chi connectivity index (χ1n) is 10.9. The molecule has 2 aromatic rings. The Morgan fingerprint density at radius 2 is 1.77 bits per heavy atom. The quantitative estimate of drug-likeness (QED) is 0.707. The summed E-state index contributed by atoms with van der Waals surface area (Å²) in [6.45, 7) is 6.20. The number of amides is 1. The number of rotatable bonds is 5. The van der Waals surface area contributed by atoms with E-state index in [1.165, 1.54) is 6.07 Å². The van der Waals surface area contributed by atoms with Crippen LogP contribution in [0, 0.1) is 5.92 Å². The second kappa shape index (κ2) is 9.36. The van der Waals surface area contributed by atoms with Crippen LogP contribution in [0.15, 0.2) is 53.6 Å². The highest BCUT2D eigenvalue weighted by atomic mass is 32.2. The van der Waals surface area contributed by atoms with Crippen molar-refractivity contribution in [1.29, 1.82) is 0 Å². The van der Waals surface area contributed by atoms with E-state index in [1.807, 2.05) is 23.2 Å². The van der Waals surface area contributed by atoms with E-state index in [4.69, 9.17) is 0 Å². The van der Waals surface area contributed by atoms with Gasteiger partial charge in [0.25, 0.3) is 5.91 Å². The van der Waals surface area contributed by atoms with E-state index >= 15 is 0 Å². The maximum absolute atomic E-state index is 13.1. The van der Waals surface area contributed by atoms with Gasteiger partial charge in [-0.25, -0.2) is 13.4 Å². The molecule has 8 heteroatoms. The Morgan fingerprint density at radius 3 is 2.48 bits per heavy atom. The van der Waals surface area contributed by atoms with Gasteiger partial charge in [-0.3, -0.25) is 9.69 Å². The fraction of sp³-hybridized carbons (Fsp3) is 0.478. The molecule has 2 aliphatic heterocycles. The lowest BCUT2D eigenvalue weighted by molar-refractivity contribution is 0.0633. The molecule has 0 spiro atoms. The van der Waals surface area contributed by atoms with Crippen molar-refractivity contribution in [3.8, 4) is 0 Å². The van der Waals surface area contributed by atoms with Gasteiger partial charge in [0, 0.05) is 58.3 Å². The van der Waals surface area contributed by atoms with Crippen LogP contribution in [0.5, 0.6) is 0 Å². The van der Waals surface area contributed by atoms with Gasteiger partial charge >= 0.3 is 0 Å². The van der Waals surface area contributed by atoms with Crippen LogP contribution >= 0.6 is 0 Å². The van der Waals surface area contributed by atoms with E-state index in [9.17, 15) is 13.2 Å². The number of anilines is 1. The van der Waals surface area contributed by atoms with Crippen molar-refractivity contribution in [3.05, 3.63) is 54.2 Å². The van der Waals surface area contributed by atoms with Crippen molar-refractivity contribution < 1.29 is 13.2 Å². The molecule has 1 aromatic heterocycles. The van der Waals surface area contributed by atoms with E-state index < -0.39 is 9.84 Å². The number of nitrogens with zero attached hydrogens (tertiary/aromatic N) is 4. The maximum atomic E-state index is 13.1. The van der Waals surface area contributed by atoms with Crippen LogP contribution in [0.3, 0.4) is 0 Å². The number of sulfone groups is 1. The number of aromatic nitrogens is 1. The first-order chi connectivity index (χ1) is 14.9. The Hall–Kier alpha value is -2.45. The SMILES string of the molecule is CS(=O)(=O)c1ccccc1C(=O)N1CCCC(CN2CCN(c3ccccn3)CC2)C1. The Balaban J connectivity index is 1.35. The van der Waals surface area contributed by atoms with Crippen LogP contribution in [0.1, 0.15) is 23.2 Å². The number of piperidine rings is 1. The highest BCUT2D eigenvalue weighted by Crippen LogP contribution is 2.23. The second-order valence-electron chi connectivity index (χ2n) is 8.50. The summed E-state index contributed by atoms with van der Waals surface area (Å²) in [7, 11) is -3.45. The molecular weight excluding hydrogens is 412 g/mol. The van der Waals surface area contributed by atoms with Crippen LogP contribution in [0.2, 0.25) is 0 Å². The second-order valence-corrected chi connectivity index (χ2v) is 10.5. The minimum absolute atomic E-state index is 0.118. The Labute approximate surface area is 184 Å². The average Bonchev–Trinajstić information content (AvgIpc) is 2.79. The molecule has 1 amide bonds. The molecule has 0 aliphatic carbocycles. The van der Waals surface area contributed by atoms with Crippen molar-refractivity contribution in [1.82, 2.24) is 14.8 Å². The van der Waals surface area contributed by atoms with Crippen molar-refractivity contribution in [3.63, 3.8) is 0 Å². The summed E-state index contributed by atoms with van der Waals surface area (Å²) < 4.78 is 24.2. The highest BCUT2D eigenvalue weighted by Gasteiger charge is 2.29. The Kier molecular flexibility index (Phi) is 6.57. The lowest BCUT2D eigenvalue weighted by Gasteiger charge is -2.39. The number of pyridine rings is 1. The van der Waals surface area contributed by atoms with Gasteiger partial charge in [0.15, 0.2) is 9.84 Å². The molecule has 2 aliphatic rings. The normalized spacial score (nSPS) is 20.6. The van der Waals surface area contributed by atoms with Crippen LogP contribution in [0.25, 0.3) is 0 Å². The van der Waals surface area contributed by atoms with Gasteiger partial charge in [-0.1, -0.05) is 18.2 Å². The molecule has 2 saturated heterocycles. The number of carbonyl (C=O) groups is 1. The van der Waals surface area contributed by atoms with E-state index in [2.05, 4.69) is 20.9 Å². The zero-order valence-electron chi connectivity index (χ0n) is 18.0. The van der Waals surface area contributed by atoms with Gasteiger partial charge in [0.1, 0.15) is 5.82 Å². The van der Waals surface area contributed by atoms with Crippen molar-refractivity contribution in [2.24, 2.45) is 5.92 Å². The zero-order valence-corrected chi connectivity index (χ0v) is 18.8. The van der Waals surface area contributed by atoms with Crippen LogP contribution < -0.4 is 4.90 Å². The van der Waals surface area contributed by atoms with Gasteiger partial charge in [0.2, 0.25) is 0 Å². The lowest BCUT2D eigenvalue weighted by Crippen LogP contribution is -2.50. The summed E-state index contributed by atoms with van der Waals surface area (Å²) in [5.41, 5.74) is 0.287. The predicted octanol–water partition coefficient (Wildman–Crippen LogP) is 2.16. The van der Waals surface area contributed by atoms with Crippen LogP contribution in [-0.4, -0.2) is 81.2 Å². The molecule has 0 saturated carbocycles. The standard InChI is InChI=1S/C23H30N4O3S/c1-31(29,30)21-9-3-2-8-20(21)23(28)27-12-6-7-19(18-27)17-25-13-15-26(16-14-25)22-10-4-5-11-24-22/h2-5,8-11,19H,6-7,12-18H2,1H3. The third-order valence-corrected chi connectivity index (χ3v) is 7.34. The molecule has 0 bridgehead atoms. The molecule has 2 fully saturated rings. The third kappa shape index (κ3) is 5.25. The minimum Gasteiger partial charge on any atom is -0.354 e. The van der Waals surface area contributed by atoms with Gasteiger partial charge in [0.05, 0.1) is 10.5 Å². The number of piperazine rings is 1. The number of hydrogen-bond donors (Lipinski definition) is 0. The monoisotopic (exact) mass is 442 g/mol. The minimum atomic E-state index is -3.45. The Morgan fingerprint density at radius 1 is 1.03 bits per heavy atom. The topological polar surface area (TPSA) is 73.8 Å². The highest BCUT2D eigenvalue weighted by molar-refractivity contribution is 7.90. The lowest BCUT2D eigenvalue weighted by atomic mass is 9.96. The summed E-state index contributed by atoms with van der Waals surface area (Å²) in [5, 5.41) is 0. The Bertz CT molecular complexity index is 1000. The molecule has 4 rings (SSSR count). The van der Waals surface area contributed by atoms with Crippen molar-refractivity contribution >= 4 is 21.6 Å². The molecule has 1 atom stereocenters. The van der Waals surface area contributed by atoms with Gasteiger partial charge < -0.3 is 9.80 Å². The van der Waals surface area contributed by atoms with Crippen LogP contribution in [0.4, 0.5) is 5.82 Å². The molecule has 0 radical (unpaired) electrons. The fourth-order valence-corrected chi connectivity index (χ4v) is 5.48. The molecule has 1 aromatic carbocycles. The first kappa shape index (κ1) is 21.8. The number of benzene rings is 1. The maximum Gasteiger partial charge on any atom is 0.255 e. The molecule has 31 heavy (non-hydrogen) atoms. The summed E-state index contributed by atoms with van der Waals surface area (Å²) in [4.78, 5) is 24.3. The van der Waals surface area contributed by atoms with Gasteiger partial charge in [-0.2, -0.15) is 0 Å². The van der Waals surface area contributed by atoms with Gasteiger partial charge in [-0.05, 0) is 43.0 Å². The van der Waals surface area contributed by atoms with E-state index in [-0.39, 0.29) is 16.4 Å². The summed E-state index contributed by atoms with van der Waals surface area (Å²) >= 11 is 0. The molecule has 166 valence electrons. The smallest absolute Gasteiger partial charge is 0.255 e. The number of hydrogen-bond acceptors (Lipinski definition) is 6. The first-order valence-corrected chi connectivity index (χ1v) is 12.8. The van der Waals surface area contributed by atoms with Crippen molar-refractivity contribution in [2.75, 3.05) is 57.0 Å². The predicted molar refractivity (Wildman–Crippen MR) is 121 cm³/mol. The summed E-state index contributed by atoms with van der Waals surface area (Å²) in [6, 6.07) is 12.5. The molecule has 1 unspecified atom stereocenters. The largest absolute Gasteiger partial charge is 0.354 e. The van der Waals surface area contributed by atoms with E-state index in [1.54, 1.807) is 18.2 Å². The molecule has 3 heterocycles. The number of likely N-dealkylation sites (tertiary alicyclic amines) is 1. The third-order valence-electron chi connectivity index (χ3n) is 6.19. The fourth-order valence-electron chi connectivity index (χ4n) is 4.60. The summed E-state index contributed by atoms with van der Waals surface area (Å²) in [5.74, 6) is 1.26. The van der Waals surface area contributed by atoms with Crippen LogP contribution in [-0.2, 0) is 9.84 Å². The molecule has 0 N–H and O–H groups in total. The van der Waals surface area contributed by atoms with E-state index in [0.717, 1.165) is 57.6 Å². The van der Waals surface area contributed by atoms with Gasteiger partial charge in [-0.15, -0.1) is 0 Å². The number of carbonyl (C=O) groups excluding carboxylic acids is 1. The summed E-state index contributed by atoms with van der Waals surface area (Å²) in [6.07, 6.45) is 5.03. The zero-order chi connectivity index (χ0) is 21.8. The van der Waals surface area contributed by atoms with Crippen molar-refractivity contribution in [2.45, 2.75) is 17.7 Å².